The number of ether oxygens (including phenoxy) is 4. The number of carbonyl (C=O) groups is 1. The first kappa shape index (κ1) is 25.4. The molecular weight excluding hydrogens is 482 g/mol. The number of nitrogens with zero attached hydrogens (tertiary/aromatic N) is 1. The fraction of sp³-hybridized carbons (Fsp3) is 0.333. The molecule has 0 aromatic heterocycles. The fourth-order valence-electron chi connectivity index (χ4n) is 2.93. The molecule has 1 amide bonds. The number of rotatable bonds is 11. The third-order valence-corrected chi connectivity index (χ3v) is 6.37. The van der Waals surface area contributed by atoms with E-state index in [1.807, 2.05) is 38.1 Å². The molecule has 0 radical (unpaired) electrons. The molecule has 2 aromatic carbocycles. The van der Waals surface area contributed by atoms with Crippen molar-refractivity contribution < 1.29 is 23.7 Å². The van der Waals surface area contributed by atoms with E-state index in [9.17, 15) is 4.79 Å². The van der Waals surface area contributed by atoms with Gasteiger partial charge < -0.3 is 18.9 Å². The van der Waals surface area contributed by atoms with Crippen LogP contribution in [0.25, 0.3) is 6.08 Å². The van der Waals surface area contributed by atoms with Crippen molar-refractivity contribution in [3.05, 3.63) is 57.5 Å². The number of aryl methyl sites for hydroxylation is 1. The second-order valence-corrected chi connectivity index (χ2v) is 9.21. The average Bonchev–Trinajstić information content (AvgIpc) is 3.02. The lowest BCUT2D eigenvalue weighted by Crippen LogP contribution is -2.22. The largest absolute Gasteiger partial charge is 0.491 e. The molecule has 0 aliphatic carbocycles. The van der Waals surface area contributed by atoms with Crippen LogP contribution < -0.4 is 14.2 Å². The molecule has 176 valence electrons. The minimum atomic E-state index is -0.136. The summed E-state index contributed by atoms with van der Waals surface area (Å²) in [7, 11) is 1.66. The standard InChI is InChI=1S/C24H26ClNO5S2/c1-4-29-20-14-17(15-21-23(27)26(3)24(32)33-21)13-19(25)22(20)31-12-10-28-9-11-30-18-7-5-16(2)6-8-18/h5-8,13-15H,4,9-12H2,1-3H3. The molecule has 3 rings (SSSR count). The maximum Gasteiger partial charge on any atom is 0.265 e. The van der Waals surface area contributed by atoms with Crippen LogP contribution in [0.15, 0.2) is 41.3 Å². The molecule has 1 aliphatic rings. The summed E-state index contributed by atoms with van der Waals surface area (Å²) in [5.74, 6) is 1.63. The number of likely N-dealkylation sites (N-methyl/N-ethyl adjacent to an activating group) is 1. The first-order chi connectivity index (χ1) is 15.9. The Bertz CT molecular complexity index is 1030. The van der Waals surface area contributed by atoms with Crippen LogP contribution in [0.3, 0.4) is 0 Å². The van der Waals surface area contributed by atoms with Gasteiger partial charge in [-0.15, -0.1) is 0 Å². The van der Waals surface area contributed by atoms with Crippen LogP contribution in [0.2, 0.25) is 5.02 Å². The third kappa shape index (κ3) is 7.11. The van der Waals surface area contributed by atoms with Crippen molar-refractivity contribution in [2.24, 2.45) is 0 Å². The van der Waals surface area contributed by atoms with Crippen LogP contribution in [0.1, 0.15) is 18.1 Å². The van der Waals surface area contributed by atoms with Gasteiger partial charge in [0.15, 0.2) is 11.5 Å². The van der Waals surface area contributed by atoms with Gasteiger partial charge in [0.25, 0.3) is 5.91 Å². The summed E-state index contributed by atoms with van der Waals surface area (Å²) < 4.78 is 23.3. The van der Waals surface area contributed by atoms with E-state index in [4.69, 9.17) is 42.8 Å². The van der Waals surface area contributed by atoms with Gasteiger partial charge in [0, 0.05) is 7.05 Å². The minimum absolute atomic E-state index is 0.136. The quantitative estimate of drug-likeness (QED) is 0.231. The van der Waals surface area contributed by atoms with Gasteiger partial charge in [-0.05, 0) is 49.8 Å². The van der Waals surface area contributed by atoms with E-state index in [-0.39, 0.29) is 5.91 Å². The van der Waals surface area contributed by atoms with Gasteiger partial charge in [0.1, 0.15) is 23.3 Å². The van der Waals surface area contributed by atoms with E-state index in [0.29, 0.717) is 58.8 Å². The highest BCUT2D eigenvalue weighted by molar-refractivity contribution is 8.26. The normalized spacial score (nSPS) is 14.8. The van der Waals surface area contributed by atoms with Crippen molar-refractivity contribution in [3.8, 4) is 17.2 Å². The summed E-state index contributed by atoms with van der Waals surface area (Å²) in [6.45, 7) is 5.93. The molecule has 1 aliphatic heterocycles. The number of benzene rings is 2. The number of carbonyl (C=O) groups excluding carboxylic acids is 1. The van der Waals surface area contributed by atoms with E-state index < -0.39 is 0 Å². The molecule has 6 nitrogen and oxygen atoms in total. The van der Waals surface area contributed by atoms with Crippen molar-refractivity contribution in [3.63, 3.8) is 0 Å². The second-order valence-electron chi connectivity index (χ2n) is 7.13. The average molecular weight is 508 g/mol. The Morgan fingerprint density at radius 1 is 1.06 bits per heavy atom. The van der Waals surface area contributed by atoms with Crippen LogP contribution in [0.4, 0.5) is 0 Å². The van der Waals surface area contributed by atoms with E-state index in [0.717, 1.165) is 11.3 Å². The third-order valence-electron chi connectivity index (χ3n) is 4.61. The van der Waals surface area contributed by atoms with Crippen molar-refractivity contribution in [1.29, 1.82) is 0 Å². The minimum Gasteiger partial charge on any atom is -0.491 e. The number of hydrogen-bond donors (Lipinski definition) is 0. The summed E-state index contributed by atoms with van der Waals surface area (Å²) in [6, 6.07) is 11.4. The first-order valence-corrected chi connectivity index (χ1v) is 12.1. The molecule has 1 heterocycles. The molecule has 9 heteroatoms. The Morgan fingerprint density at radius 3 is 2.39 bits per heavy atom. The highest BCUT2D eigenvalue weighted by Crippen LogP contribution is 2.39. The second kappa shape index (κ2) is 12.3. The number of amides is 1. The Balaban J connectivity index is 1.52. The van der Waals surface area contributed by atoms with Crippen LogP contribution >= 0.6 is 35.6 Å². The Kier molecular flexibility index (Phi) is 9.43. The molecule has 0 atom stereocenters. The molecule has 33 heavy (non-hydrogen) atoms. The van der Waals surface area contributed by atoms with Gasteiger partial charge in [-0.3, -0.25) is 9.69 Å². The van der Waals surface area contributed by atoms with Crippen molar-refractivity contribution >= 4 is 51.9 Å². The van der Waals surface area contributed by atoms with Crippen LogP contribution in [0.5, 0.6) is 17.2 Å². The smallest absolute Gasteiger partial charge is 0.265 e. The summed E-state index contributed by atoms with van der Waals surface area (Å²) in [6.07, 6.45) is 1.75. The summed E-state index contributed by atoms with van der Waals surface area (Å²) in [5, 5.41) is 0.391. The predicted molar refractivity (Wildman–Crippen MR) is 137 cm³/mol. The zero-order chi connectivity index (χ0) is 23.8. The summed E-state index contributed by atoms with van der Waals surface area (Å²) >= 11 is 12.9. The predicted octanol–water partition coefficient (Wildman–Crippen LogP) is 5.35. The zero-order valence-electron chi connectivity index (χ0n) is 18.8. The highest BCUT2D eigenvalue weighted by Gasteiger charge is 2.28. The lowest BCUT2D eigenvalue weighted by Gasteiger charge is -2.15. The SMILES string of the molecule is CCOc1cc(C=C2SC(=S)N(C)C2=O)cc(Cl)c1OCCOCCOc1ccc(C)cc1. The molecule has 2 aromatic rings. The number of thioether (sulfide) groups is 1. The van der Waals surface area contributed by atoms with Crippen LogP contribution in [-0.2, 0) is 9.53 Å². The lowest BCUT2D eigenvalue weighted by molar-refractivity contribution is -0.121. The van der Waals surface area contributed by atoms with Gasteiger partial charge in [0.05, 0.1) is 29.7 Å². The van der Waals surface area contributed by atoms with Crippen molar-refractivity contribution in [2.45, 2.75) is 13.8 Å². The number of thiocarbonyl (C=S) groups is 1. The Hall–Kier alpha value is -2.26. The van der Waals surface area contributed by atoms with Gasteiger partial charge in [-0.1, -0.05) is 53.3 Å². The van der Waals surface area contributed by atoms with Gasteiger partial charge >= 0.3 is 0 Å². The van der Waals surface area contributed by atoms with Crippen LogP contribution in [0, 0.1) is 6.92 Å². The highest BCUT2D eigenvalue weighted by atomic mass is 35.5. The molecule has 1 saturated heterocycles. The molecule has 0 bridgehead atoms. The summed E-state index contributed by atoms with van der Waals surface area (Å²) in [5.41, 5.74) is 1.92. The van der Waals surface area contributed by atoms with Crippen molar-refractivity contribution in [2.75, 3.05) is 40.1 Å². The molecule has 0 N–H and O–H groups in total. The number of halogens is 1. The van der Waals surface area contributed by atoms with Gasteiger partial charge in [0.2, 0.25) is 0 Å². The van der Waals surface area contributed by atoms with Gasteiger partial charge in [-0.2, -0.15) is 0 Å². The van der Waals surface area contributed by atoms with Crippen LogP contribution in [-0.4, -0.2) is 55.2 Å². The monoisotopic (exact) mass is 507 g/mol. The zero-order valence-corrected chi connectivity index (χ0v) is 21.1. The van der Waals surface area contributed by atoms with E-state index in [2.05, 4.69) is 0 Å². The Morgan fingerprint density at radius 2 is 1.76 bits per heavy atom. The van der Waals surface area contributed by atoms with E-state index in [1.54, 1.807) is 25.3 Å². The van der Waals surface area contributed by atoms with E-state index in [1.165, 1.54) is 22.2 Å². The topological polar surface area (TPSA) is 57.2 Å². The molecular formula is C24H26ClNO5S2. The van der Waals surface area contributed by atoms with Gasteiger partial charge in [-0.25, -0.2) is 0 Å². The maximum absolute atomic E-state index is 12.3. The first-order valence-electron chi connectivity index (χ1n) is 10.5. The molecule has 0 saturated carbocycles. The van der Waals surface area contributed by atoms with E-state index >= 15 is 0 Å². The fourth-order valence-corrected chi connectivity index (χ4v) is 4.38. The molecule has 1 fully saturated rings. The lowest BCUT2D eigenvalue weighted by atomic mass is 10.1. The summed E-state index contributed by atoms with van der Waals surface area (Å²) in [4.78, 5) is 14.2. The Labute approximate surface area is 208 Å². The molecule has 0 spiro atoms. The number of hydrogen-bond acceptors (Lipinski definition) is 7. The van der Waals surface area contributed by atoms with Crippen molar-refractivity contribution in [1.82, 2.24) is 4.90 Å². The molecule has 0 unspecified atom stereocenters. The maximum atomic E-state index is 12.3.